The van der Waals surface area contributed by atoms with Gasteiger partial charge in [-0.3, -0.25) is 5.32 Å². The van der Waals surface area contributed by atoms with Gasteiger partial charge in [0.05, 0.1) is 11.3 Å². The highest BCUT2D eigenvalue weighted by Gasteiger charge is 2.15. The Morgan fingerprint density at radius 2 is 1.38 bits per heavy atom. The van der Waals surface area contributed by atoms with E-state index in [1.54, 1.807) is 48.5 Å². The van der Waals surface area contributed by atoms with Crippen molar-refractivity contribution in [3.05, 3.63) is 96.1 Å². The van der Waals surface area contributed by atoms with Crippen LogP contribution in [0.25, 0.3) is 0 Å². The molecule has 5 heteroatoms. The van der Waals surface area contributed by atoms with Crippen molar-refractivity contribution in [2.75, 3.05) is 5.32 Å². The van der Waals surface area contributed by atoms with Crippen LogP contribution in [0.1, 0.15) is 15.9 Å². The number of hydrogen-bond donors (Lipinski definition) is 1. The zero-order valence-electron chi connectivity index (χ0n) is 13.9. The van der Waals surface area contributed by atoms with Gasteiger partial charge in [0.1, 0.15) is 12.4 Å². The third-order valence-electron chi connectivity index (χ3n) is 3.55. The first-order valence-electron chi connectivity index (χ1n) is 8.06. The monoisotopic (exact) mass is 347 g/mol. The Bertz CT molecular complexity index is 879. The van der Waals surface area contributed by atoms with E-state index in [1.165, 1.54) is 0 Å². The summed E-state index contributed by atoms with van der Waals surface area (Å²) in [5.74, 6) is -0.112. The molecule has 0 saturated heterocycles. The van der Waals surface area contributed by atoms with Crippen LogP contribution < -0.4 is 10.1 Å². The number of ether oxygens (including phenoxy) is 2. The number of anilines is 1. The third kappa shape index (κ3) is 4.70. The number of carbonyl (C=O) groups is 2. The number of amides is 1. The van der Waals surface area contributed by atoms with E-state index in [-0.39, 0.29) is 12.2 Å². The molecule has 0 aliphatic heterocycles. The maximum absolute atomic E-state index is 12.4. The molecule has 0 radical (unpaired) electrons. The Morgan fingerprint density at radius 3 is 2.12 bits per heavy atom. The topological polar surface area (TPSA) is 64.6 Å². The predicted octanol–water partition coefficient (Wildman–Crippen LogP) is 4.65. The summed E-state index contributed by atoms with van der Waals surface area (Å²) in [5.41, 5.74) is 1.47. The molecule has 3 aromatic rings. The van der Waals surface area contributed by atoms with E-state index in [9.17, 15) is 9.59 Å². The molecule has 0 aliphatic rings. The molecule has 0 fully saturated rings. The quantitative estimate of drug-likeness (QED) is 0.682. The first-order chi connectivity index (χ1) is 12.7. The molecule has 0 heterocycles. The van der Waals surface area contributed by atoms with E-state index in [0.717, 1.165) is 5.56 Å². The van der Waals surface area contributed by atoms with Gasteiger partial charge in [0, 0.05) is 0 Å². The van der Waals surface area contributed by atoms with E-state index in [4.69, 9.17) is 9.47 Å². The zero-order chi connectivity index (χ0) is 18.2. The summed E-state index contributed by atoms with van der Waals surface area (Å²) in [6.07, 6.45) is -0.681. The van der Waals surface area contributed by atoms with Crippen molar-refractivity contribution in [2.45, 2.75) is 6.61 Å². The Hall–Kier alpha value is -3.60. The Balaban J connectivity index is 1.65. The van der Waals surface area contributed by atoms with Crippen LogP contribution in [0.5, 0.6) is 5.75 Å². The Labute approximate surface area is 151 Å². The average molecular weight is 347 g/mol. The predicted molar refractivity (Wildman–Crippen MR) is 98.1 cm³/mol. The van der Waals surface area contributed by atoms with Gasteiger partial charge >= 0.3 is 12.1 Å². The van der Waals surface area contributed by atoms with Crippen molar-refractivity contribution < 1.29 is 19.1 Å². The summed E-state index contributed by atoms with van der Waals surface area (Å²) < 4.78 is 10.5. The normalized spacial score (nSPS) is 10.0. The fourth-order valence-electron chi connectivity index (χ4n) is 2.30. The van der Waals surface area contributed by atoms with Crippen LogP contribution in [0, 0.1) is 0 Å². The van der Waals surface area contributed by atoms with Gasteiger partial charge in [-0.05, 0) is 29.8 Å². The molecule has 0 unspecified atom stereocenters. The highest BCUT2D eigenvalue weighted by atomic mass is 16.6. The SMILES string of the molecule is O=C(Nc1ccccc1C(=O)OCc1ccccc1)Oc1ccccc1. The van der Waals surface area contributed by atoms with Gasteiger partial charge in [-0.25, -0.2) is 9.59 Å². The highest BCUT2D eigenvalue weighted by Crippen LogP contribution is 2.18. The standard InChI is InChI=1S/C21H17NO4/c23-20(25-15-16-9-3-1-4-10-16)18-13-7-8-14-19(18)22-21(24)26-17-11-5-2-6-12-17/h1-14H,15H2,(H,22,24). The van der Waals surface area contributed by atoms with Crippen molar-refractivity contribution in [1.82, 2.24) is 0 Å². The van der Waals surface area contributed by atoms with E-state index in [1.807, 2.05) is 36.4 Å². The minimum atomic E-state index is -0.681. The highest BCUT2D eigenvalue weighted by molar-refractivity contribution is 6.00. The lowest BCUT2D eigenvalue weighted by Crippen LogP contribution is -2.19. The van der Waals surface area contributed by atoms with Crippen LogP contribution in [0.3, 0.4) is 0 Å². The molecule has 0 atom stereocenters. The lowest BCUT2D eigenvalue weighted by atomic mass is 10.2. The number of rotatable bonds is 5. The molecule has 0 saturated carbocycles. The number of nitrogens with one attached hydrogen (secondary N) is 1. The van der Waals surface area contributed by atoms with E-state index < -0.39 is 12.1 Å². The van der Waals surface area contributed by atoms with Gasteiger partial charge in [0.15, 0.2) is 0 Å². The summed E-state index contributed by atoms with van der Waals surface area (Å²) in [4.78, 5) is 24.4. The molecular formula is C21H17NO4. The fourth-order valence-corrected chi connectivity index (χ4v) is 2.30. The minimum Gasteiger partial charge on any atom is -0.457 e. The molecular weight excluding hydrogens is 330 g/mol. The summed E-state index contributed by atoms with van der Waals surface area (Å²) in [6.45, 7) is 0.155. The van der Waals surface area contributed by atoms with Crippen molar-refractivity contribution in [2.24, 2.45) is 0 Å². The molecule has 130 valence electrons. The molecule has 1 amide bonds. The zero-order valence-corrected chi connectivity index (χ0v) is 13.9. The van der Waals surface area contributed by atoms with Gasteiger partial charge < -0.3 is 9.47 Å². The smallest absolute Gasteiger partial charge is 0.417 e. The molecule has 0 aliphatic carbocycles. The van der Waals surface area contributed by atoms with Crippen LogP contribution in [0.4, 0.5) is 10.5 Å². The van der Waals surface area contributed by atoms with Crippen LogP contribution in [-0.4, -0.2) is 12.1 Å². The van der Waals surface area contributed by atoms with Gasteiger partial charge in [0.2, 0.25) is 0 Å². The molecule has 0 bridgehead atoms. The molecule has 5 nitrogen and oxygen atoms in total. The summed E-state index contributed by atoms with van der Waals surface area (Å²) in [7, 11) is 0. The van der Waals surface area contributed by atoms with Crippen LogP contribution in [0.2, 0.25) is 0 Å². The van der Waals surface area contributed by atoms with Crippen molar-refractivity contribution >= 4 is 17.7 Å². The maximum Gasteiger partial charge on any atom is 0.417 e. The minimum absolute atomic E-state index is 0.155. The summed E-state index contributed by atoms with van der Waals surface area (Å²) >= 11 is 0. The third-order valence-corrected chi connectivity index (χ3v) is 3.55. The van der Waals surface area contributed by atoms with Crippen LogP contribution in [0.15, 0.2) is 84.9 Å². The maximum atomic E-state index is 12.4. The van der Waals surface area contributed by atoms with E-state index in [0.29, 0.717) is 11.4 Å². The molecule has 1 N–H and O–H groups in total. The van der Waals surface area contributed by atoms with Gasteiger partial charge in [-0.15, -0.1) is 0 Å². The first-order valence-corrected chi connectivity index (χ1v) is 8.06. The van der Waals surface area contributed by atoms with Gasteiger partial charge in [0.25, 0.3) is 0 Å². The van der Waals surface area contributed by atoms with E-state index >= 15 is 0 Å². The Morgan fingerprint density at radius 1 is 0.769 bits per heavy atom. The fraction of sp³-hybridized carbons (Fsp3) is 0.0476. The lowest BCUT2D eigenvalue weighted by molar-refractivity contribution is 0.0474. The van der Waals surface area contributed by atoms with Gasteiger partial charge in [-0.2, -0.15) is 0 Å². The van der Waals surface area contributed by atoms with Gasteiger partial charge in [-0.1, -0.05) is 60.7 Å². The number of para-hydroxylation sites is 2. The summed E-state index contributed by atoms with van der Waals surface area (Å²) in [5, 5.41) is 2.58. The largest absolute Gasteiger partial charge is 0.457 e. The second-order valence-electron chi connectivity index (χ2n) is 5.43. The summed E-state index contributed by atoms with van der Waals surface area (Å²) in [6, 6.07) is 24.7. The van der Waals surface area contributed by atoms with Crippen molar-refractivity contribution in [1.29, 1.82) is 0 Å². The number of carbonyl (C=O) groups excluding carboxylic acids is 2. The first kappa shape index (κ1) is 17.2. The molecule has 26 heavy (non-hydrogen) atoms. The molecule has 0 aromatic heterocycles. The van der Waals surface area contributed by atoms with Crippen molar-refractivity contribution in [3.63, 3.8) is 0 Å². The second-order valence-corrected chi connectivity index (χ2v) is 5.43. The number of esters is 1. The number of benzene rings is 3. The molecule has 3 rings (SSSR count). The molecule has 3 aromatic carbocycles. The van der Waals surface area contributed by atoms with Crippen LogP contribution in [-0.2, 0) is 11.3 Å². The lowest BCUT2D eigenvalue weighted by Gasteiger charge is -2.11. The number of hydrogen-bond acceptors (Lipinski definition) is 4. The van der Waals surface area contributed by atoms with E-state index in [2.05, 4.69) is 5.32 Å². The van der Waals surface area contributed by atoms with Crippen LogP contribution >= 0.6 is 0 Å². The Kier molecular flexibility index (Phi) is 5.62. The molecule has 0 spiro atoms. The van der Waals surface area contributed by atoms with Crippen molar-refractivity contribution in [3.8, 4) is 5.75 Å². The second kappa shape index (κ2) is 8.48. The average Bonchev–Trinajstić information content (AvgIpc) is 2.68.